The number of nitrogens with two attached hydrogens (primary N) is 1. The van der Waals surface area contributed by atoms with Crippen molar-refractivity contribution in [2.24, 2.45) is 0 Å². The first-order chi connectivity index (χ1) is 8.63. The molecule has 3 aromatic rings. The van der Waals surface area contributed by atoms with Gasteiger partial charge in [0.2, 0.25) is 0 Å². The number of rotatable bonds is 1. The lowest BCUT2D eigenvalue weighted by Crippen LogP contribution is -1.95. The Bertz CT molecular complexity index is 719. The number of nitrogens with zero attached hydrogens (tertiary/aromatic N) is 3. The van der Waals surface area contributed by atoms with E-state index in [0.29, 0.717) is 17.0 Å². The van der Waals surface area contributed by atoms with Gasteiger partial charge in [0.25, 0.3) is 0 Å². The molecule has 18 heavy (non-hydrogen) atoms. The number of hydrogen-bond donors (Lipinski definition) is 1. The summed E-state index contributed by atoms with van der Waals surface area (Å²) in [6, 6.07) is 6.90. The van der Waals surface area contributed by atoms with Crippen LogP contribution < -0.4 is 5.73 Å². The van der Waals surface area contributed by atoms with E-state index in [2.05, 4.69) is 10.1 Å². The number of hydrogen-bond acceptors (Lipinski definition) is 3. The molecule has 2 N–H and O–H groups in total. The fraction of sp³-hybridized carbons (Fsp3) is 0. The molecule has 0 spiro atoms. The van der Waals surface area contributed by atoms with Crippen LogP contribution in [0.2, 0.25) is 0 Å². The van der Waals surface area contributed by atoms with E-state index in [4.69, 9.17) is 5.73 Å². The zero-order chi connectivity index (χ0) is 12.7. The van der Waals surface area contributed by atoms with E-state index in [9.17, 15) is 8.78 Å². The first kappa shape index (κ1) is 10.6. The summed E-state index contributed by atoms with van der Waals surface area (Å²) in [5.74, 6) is -0.462. The van der Waals surface area contributed by atoms with Gasteiger partial charge in [-0.15, -0.1) is 5.10 Å². The van der Waals surface area contributed by atoms with Crippen molar-refractivity contribution in [3.63, 3.8) is 0 Å². The van der Waals surface area contributed by atoms with Gasteiger partial charge >= 0.3 is 0 Å². The molecule has 6 heteroatoms. The third-order valence-corrected chi connectivity index (χ3v) is 2.53. The highest BCUT2D eigenvalue weighted by Gasteiger charge is 2.09. The second kappa shape index (κ2) is 3.76. The molecule has 1 aromatic carbocycles. The lowest BCUT2D eigenvalue weighted by molar-refractivity contribution is 0.615. The summed E-state index contributed by atoms with van der Waals surface area (Å²) in [6.07, 6.45) is 1.19. The van der Waals surface area contributed by atoms with Gasteiger partial charge in [-0.05, 0) is 24.3 Å². The van der Waals surface area contributed by atoms with Crippen LogP contribution in [-0.4, -0.2) is 14.6 Å². The molecule has 2 heterocycles. The number of benzene rings is 1. The third kappa shape index (κ3) is 1.67. The summed E-state index contributed by atoms with van der Waals surface area (Å²) in [6.45, 7) is 0. The van der Waals surface area contributed by atoms with Crippen LogP contribution in [0.4, 0.5) is 14.5 Å². The van der Waals surface area contributed by atoms with Crippen LogP contribution in [0.25, 0.3) is 17.0 Å². The van der Waals surface area contributed by atoms with E-state index in [1.165, 1.54) is 28.9 Å². The Hall–Kier alpha value is -2.50. The van der Waals surface area contributed by atoms with Gasteiger partial charge in [0.1, 0.15) is 11.6 Å². The van der Waals surface area contributed by atoms with E-state index in [-0.39, 0.29) is 11.5 Å². The molecule has 0 radical (unpaired) electrons. The maximum atomic E-state index is 13.1. The standard InChI is InChI=1S/C12H8F2N4/c13-8-3-1-7(2-4-8)11-16-12-10(15)5-9(14)6-18(12)17-11/h1-6H,15H2. The Morgan fingerprint density at radius 3 is 2.50 bits per heavy atom. The van der Waals surface area contributed by atoms with Crippen LogP contribution in [0.5, 0.6) is 0 Å². The maximum absolute atomic E-state index is 13.1. The summed E-state index contributed by atoms with van der Waals surface area (Å²) < 4.78 is 27.2. The molecule has 3 rings (SSSR count). The molecule has 0 amide bonds. The van der Waals surface area contributed by atoms with Crippen LogP contribution in [0.1, 0.15) is 0 Å². The van der Waals surface area contributed by atoms with E-state index in [0.717, 1.165) is 0 Å². The van der Waals surface area contributed by atoms with E-state index >= 15 is 0 Å². The normalized spacial score (nSPS) is 11.0. The third-order valence-electron chi connectivity index (χ3n) is 2.53. The van der Waals surface area contributed by atoms with Crippen molar-refractivity contribution in [3.05, 3.63) is 48.2 Å². The molecule has 0 aliphatic heterocycles. The molecule has 90 valence electrons. The molecule has 0 aliphatic rings. The predicted octanol–water partition coefficient (Wildman–Crippen LogP) is 2.26. The minimum atomic E-state index is -0.490. The number of nitrogen functional groups attached to an aromatic ring is 1. The van der Waals surface area contributed by atoms with Crippen molar-refractivity contribution in [3.8, 4) is 11.4 Å². The van der Waals surface area contributed by atoms with Gasteiger partial charge in [0, 0.05) is 11.6 Å². The van der Waals surface area contributed by atoms with Crippen LogP contribution >= 0.6 is 0 Å². The van der Waals surface area contributed by atoms with Gasteiger partial charge in [-0.3, -0.25) is 0 Å². The minimum absolute atomic E-state index is 0.205. The Kier molecular flexibility index (Phi) is 2.22. The van der Waals surface area contributed by atoms with E-state index in [1.54, 1.807) is 12.1 Å². The largest absolute Gasteiger partial charge is 0.396 e. The summed E-state index contributed by atoms with van der Waals surface area (Å²) in [5.41, 5.74) is 6.86. The van der Waals surface area contributed by atoms with Gasteiger partial charge in [-0.1, -0.05) is 0 Å². The Balaban J connectivity index is 2.19. The smallest absolute Gasteiger partial charge is 0.182 e. The monoisotopic (exact) mass is 246 g/mol. The average Bonchev–Trinajstić information content (AvgIpc) is 2.74. The maximum Gasteiger partial charge on any atom is 0.182 e. The molecule has 0 fully saturated rings. The quantitative estimate of drug-likeness (QED) is 0.716. The average molecular weight is 246 g/mol. The summed E-state index contributed by atoms with van der Waals surface area (Å²) in [5, 5.41) is 4.10. The topological polar surface area (TPSA) is 56.2 Å². The Labute approximate surface area is 101 Å². The molecule has 0 saturated heterocycles. The molecule has 2 aromatic heterocycles. The first-order valence-corrected chi connectivity index (χ1v) is 5.21. The lowest BCUT2D eigenvalue weighted by atomic mass is 10.2. The summed E-state index contributed by atoms with van der Waals surface area (Å²) in [7, 11) is 0. The van der Waals surface area contributed by atoms with Crippen LogP contribution in [0.15, 0.2) is 36.5 Å². The highest BCUT2D eigenvalue weighted by Crippen LogP contribution is 2.20. The second-order valence-electron chi connectivity index (χ2n) is 3.82. The number of halogens is 2. The molecular formula is C12H8F2N4. The molecule has 4 nitrogen and oxygen atoms in total. The van der Waals surface area contributed by atoms with Gasteiger partial charge in [-0.2, -0.15) is 0 Å². The number of pyridine rings is 1. The molecule has 0 bridgehead atoms. The lowest BCUT2D eigenvalue weighted by Gasteiger charge is -1.95. The van der Waals surface area contributed by atoms with Crippen molar-refractivity contribution < 1.29 is 8.78 Å². The first-order valence-electron chi connectivity index (χ1n) is 5.21. The molecular weight excluding hydrogens is 238 g/mol. The van der Waals surface area contributed by atoms with Gasteiger partial charge in [-0.25, -0.2) is 18.3 Å². The molecule has 0 saturated carbocycles. The predicted molar refractivity (Wildman–Crippen MR) is 62.8 cm³/mol. The van der Waals surface area contributed by atoms with Crippen LogP contribution in [0.3, 0.4) is 0 Å². The van der Waals surface area contributed by atoms with Gasteiger partial charge in [0.15, 0.2) is 11.5 Å². The fourth-order valence-corrected chi connectivity index (χ4v) is 1.70. The summed E-state index contributed by atoms with van der Waals surface area (Å²) >= 11 is 0. The Morgan fingerprint density at radius 1 is 1.06 bits per heavy atom. The zero-order valence-electron chi connectivity index (χ0n) is 9.14. The van der Waals surface area contributed by atoms with Gasteiger partial charge in [0.05, 0.1) is 11.9 Å². The zero-order valence-corrected chi connectivity index (χ0v) is 9.14. The second-order valence-corrected chi connectivity index (χ2v) is 3.82. The van der Waals surface area contributed by atoms with E-state index in [1.807, 2.05) is 0 Å². The van der Waals surface area contributed by atoms with Crippen molar-refractivity contribution >= 4 is 11.3 Å². The van der Waals surface area contributed by atoms with Crippen molar-refractivity contribution in [1.82, 2.24) is 14.6 Å². The highest BCUT2D eigenvalue weighted by atomic mass is 19.1. The summed E-state index contributed by atoms with van der Waals surface area (Å²) in [4.78, 5) is 4.19. The highest BCUT2D eigenvalue weighted by molar-refractivity contribution is 5.68. The number of aromatic nitrogens is 3. The van der Waals surface area contributed by atoms with Crippen molar-refractivity contribution in [2.75, 3.05) is 5.73 Å². The van der Waals surface area contributed by atoms with Crippen molar-refractivity contribution in [1.29, 1.82) is 0 Å². The number of fused-ring (bicyclic) bond motifs is 1. The van der Waals surface area contributed by atoms with Crippen LogP contribution in [-0.2, 0) is 0 Å². The molecule has 0 atom stereocenters. The molecule has 0 unspecified atom stereocenters. The van der Waals surface area contributed by atoms with Crippen molar-refractivity contribution in [2.45, 2.75) is 0 Å². The minimum Gasteiger partial charge on any atom is -0.396 e. The van der Waals surface area contributed by atoms with Crippen LogP contribution in [0, 0.1) is 11.6 Å². The molecule has 0 aliphatic carbocycles. The fourth-order valence-electron chi connectivity index (χ4n) is 1.70. The van der Waals surface area contributed by atoms with Gasteiger partial charge < -0.3 is 5.73 Å². The Morgan fingerprint density at radius 2 is 1.78 bits per heavy atom. The SMILES string of the molecule is Nc1cc(F)cn2nc(-c3ccc(F)cc3)nc12. The van der Waals surface area contributed by atoms with E-state index < -0.39 is 5.82 Å². The number of anilines is 1.